The van der Waals surface area contributed by atoms with Crippen molar-refractivity contribution in [2.24, 2.45) is 0 Å². The van der Waals surface area contributed by atoms with Crippen LogP contribution in [0.25, 0.3) is 10.9 Å². The van der Waals surface area contributed by atoms with Crippen LogP contribution in [0.3, 0.4) is 0 Å². The topological polar surface area (TPSA) is 77.4 Å². The molecule has 1 aromatic heterocycles. The number of alkyl halides is 3. The average Bonchev–Trinajstić information content (AvgIpc) is 3.19. The van der Waals surface area contributed by atoms with Crippen LogP contribution in [0.5, 0.6) is 0 Å². The van der Waals surface area contributed by atoms with Crippen molar-refractivity contribution in [3.63, 3.8) is 0 Å². The number of hydrogen-bond acceptors (Lipinski definition) is 4. The zero-order valence-electron chi connectivity index (χ0n) is 19.5. The Labute approximate surface area is 210 Å². The van der Waals surface area contributed by atoms with Crippen molar-refractivity contribution in [1.29, 1.82) is 0 Å². The van der Waals surface area contributed by atoms with Gasteiger partial charge in [0.15, 0.2) is 0 Å². The minimum absolute atomic E-state index is 0.124. The predicted molar refractivity (Wildman–Crippen MR) is 130 cm³/mol. The van der Waals surface area contributed by atoms with Crippen molar-refractivity contribution in [2.45, 2.75) is 30.5 Å². The maximum atomic E-state index is 13.4. The molecule has 4 aromatic rings. The van der Waals surface area contributed by atoms with Gasteiger partial charge in [0.05, 0.1) is 24.0 Å². The summed E-state index contributed by atoms with van der Waals surface area (Å²) >= 11 is 0. The van der Waals surface area contributed by atoms with Gasteiger partial charge in [0.1, 0.15) is 5.82 Å². The van der Waals surface area contributed by atoms with Gasteiger partial charge in [-0.2, -0.15) is 13.2 Å². The highest BCUT2D eigenvalue weighted by Crippen LogP contribution is 2.31. The van der Waals surface area contributed by atoms with Crippen LogP contribution in [-0.4, -0.2) is 26.1 Å². The fourth-order valence-electron chi connectivity index (χ4n) is 3.93. The number of ether oxygens (including phenoxy) is 1. The number of carbonyl (C=O) groups is 1. The number of halogens is 4. The number of benzene rings is 3. The first kappa shape index (κ1) is 26.2. The largest absolute Gasteiger partial charge is 0.469 e. The fraction of sp³-hybridized carbons (Fsp3) is 0.192. The minimum atomic E-state index is -4.58. The van der Waals surface area contributed by atoms with Crippen LogP contribution in [0, 0.1) is 5.82 Å². The van der Waals surface area contributed by atoms with E-state index in [9.17, 15) is 30.8 Å². The Bertz CT molecular complexity index is 1530. The van der Waals surface area contributed by atoms with E-state index in [0.717, 1.165) is 28.8 Å². The maximum absolute atomic E-state index is 13.4. The van der Waals surface area contributed by atoms with E-state index in [1.54, 1.807) is 24.3 Å². The van der Waals surface area contributed by atoms with Crippen LogP contribution < -0.4 is 4.72 Å². The molecule has 194 valence electrons. The lowest BCUT2D eigenvalue weighted by atomic mass is 10.0. The molecule has 0 radical (unpaired) electrons. The van der Waals surface area contributed by atoms with Gasteiger partial charge in [-0.3, -0.25) is 9.52 Å². The van der Waals surface area contributed by atoms with E-state index in [-0.39, 0.29) is 28.8 Å². The number of aromatic nitrogens is 1. The lowest BCUT2D eigenvalue weighted by Crippen LogP contribution is -2.13. The molecule has 1 N–H and O–H groups in total. The summed E-state index contributed by atoms with van der Waals surface area (Å²) in [6.45, 7) is 0.323. The molecule has 0 bridgehead atoms. The Kier molecular flexibility index (Phi) is 7.26. The highest BCUT2D eigenvalue weighted by Gasteiger charge is 2.30. The number of sulfonamides is 1. The number of nitrogens with zero attached hydrogens (tertiary/aromatic N) is 1. The maximum Gasteiger partial charge on any atom is 0.416 e. The minimum Gasteiger partial charge on any atom is -0.469 e. The molecule has 0 amide bonds. The van der Waals surface area contributed by atoms with Crippen LogP contribution in [0.1, 0.15) is 23.1 Å². The summed E-state index contributed by atoms with van der Waals surface area (Å²) in [4.78, 5) is 11.3. The molecule has 0 aliphatic carbocycles. The van der Waals surface area contributed by atoms with Crippen LogP contribution in [0.15, 0.2) is 77.8 Å². The van der Waals surface area contributed by atoms with Crippen molar-refractivity contribution in [1.82, 2.24) is 4.57 Å². The van der Waals surface area contributed by atoms with Crippen molar-refractivity contribution in [3.05, 3.63) is 95.4 Å². The number of fused-ring (bicyclic) bond motifs is 1. The molecule has 37 heavy (non-hydrogen) atoms. The monoisotopic (exact) mass is 534 g/mol. The summed E-state index contributed by atoms with van der Waals surface area (Å²) in [6, 6.07) is 14.0. The third kappa shape index (κ3) is 6.11. The smallest absolute Gasteiger partial charge is 0.416 e. The molecule has 3 aromatic carbocycles. The summed E-state index contributed by atoms with van der Waals surface area (Å²) < 4.78 is 86.5. The van der Waals surface area contributed by atoms with Gasteiger partial charge in [-0.15, -0.1) is 0 Å². The molecule has 0 saturated carbocycles. The quantitative estimate of drug-likeness (QED) is 0.231. The van der Waals surface area contributed by atoms with Crippen molar-refractivity contribution >= 4 is 32.6 Å². The molecule has 0 aliphatic rings. The van der Waals surface area contributed by atoms with Crippen molar-refractivity contribution in [2.75, 3.05) is 11.8 Å². The lowest BCUT2D eigenvalue weighted by molar-refractivity contribution is -0.141. The second-order valence-electron chi connectivity index (χ2n) is 8.34. The SMILES string of the molecule is COC(=O)CCn1cc(Cc2ccc(F)cc2)c2cc(NS(=O)(=O)c3ccc(C(F)(F)F)cc3)ccc21. The molecule has 0 fully saturated rings. The number of hydrogen-bond donors (Lipinski definition) is 1. The van der Waals surface area contributed by atoms with Crippen LogP contribution in [-0.2, 0) is 38.7 Å². The van der Waals surface area contributed by atoms with Crippen LogP contribution in [0.2, 0.25) is 0 Å². The van der Waals surface area contributed by atoms with Gasteiger partial charge in [-0.05, 0) is 72.1 Å². The molecule has 11 heteroatoms. The van der Waals surface area contributed by atoms with Gasteiger partial charge < -0.3 is 9.30 Å². The third-order valence-corrected chi connectivity index (χ3v) is 7.20. The predicted octanol–water partition coefficient (Wildman–Crippen LogP) is 5.75. The zero-order valence-corrected chi connectivity index (χ0v) is 20.4. The second-order valence-corrected chi connectivity index (χ2v) is 10.0. The second kappa shape index (κ2) is 10.3. The highest BCUT2D eigenvalue weighted by atomic mass is 32.2. The Morgan fingerprint density at radius 3 is 2.30 bits per heavy atom. The molecule has 0 saturated heterocycles. The summed E-state index contributed by atoms with van der Waals surface area (Å²) in [7, 11) is -2.87. The average molecular weight is 535 g/mol. The normalized spacial score (nSPS) is 12.0. The van der Waals surface area contributed by atoms with E-state index < -0.39 is 21.8 Å². The number of nitrogens with one attached hydrogen (secondary N) is 1. The first-order valence-corrected chi connectivity index (χ1v) is 12.6. The van der Waals surface area contributed by atoms with Gasteiger partial charge in [0.25, 0.3) is 10.0 Å². The molecule has 1 heterocycles. The van der Waals surface area contributed by atoms with E-state index >= 15 is 0 Å². The summed E-state index contributed by atoms with van der Waals surface area (Å²) in [5.74, 6) is -0.757. The summed E-state index contributed by atoms with van der Waals surface area (Å²) in [5, 5.41) is 0.696. The van der Waals surface area contributed by atoms with E-state index in [2.05, 4.69) is 4.72 Å². The first-order chi connectivity index (χ1) is 17.5. The summed E-state index contributed by atoms with van der Waals surface area (Å²) in [5.41, 5.74) is 1.62. The van der Waals surface area contributed by atoms with E-state index in [0.29, 0.717) is 30.5 Å². The van der Waals surface area contributed by atoms with Gasteiger partial charge in [0.2, 0.25) is 0 Å². The number of carbonyl (C=O) groups excluding carboxylic acids is 1. The molecule has 4 rings (SSSR count). The Morgan fingerprint density at radius 1 is 1.00 bits per heavy atom. The first-order valence-electron chi connectivity index (χ1n) is 11.1. The van der Waals surface area contributed by atoms with E-state index in [1.165, 1.54) is 25.3 Å². The van der Waals surface area contributed by atoms with E-state index in [4.69, 9.17) is 4.74 Å². The molecular formula is C26H22F4N2O4S. The Balaban J connectivity index is 1.67. The molecule has 0 aliphatic heterocycles. The van der Waals surface area contributed by atoms with Gasteiger partial charge in [-0.1, -0.05) is 12.1 Å². The summed E-state index contributed by atoms with van der Waals surface area (Å²) in [6.07, 6.45) is -2.20. The highest BCUT2D eigenvalue weighted by molar-refractivity contribution is 7.92. The molecular weight excluding hydrogens is 512 g/mol. The van der Waals surface area contributed by atoms with Gasteiger partial charge in [0, 0.05) is 29.3 Å². The molecule has 0 atom stereocenters. The number of esters is 1. The molecule has 0 spiro atoms. The van der Waals surface area contributed by atoms with Crippen LogP contribution >= 0.6 is 0 Å². The van der Waals surface area contributed by atoms with Crippen LogP contribution in [0.4, 0.5) is 23.2 Å². The third-order valence-electron chi connectivity index (χ3n) is 5.80. The number of anilines is 1. The van der Waals surface area contributed by atoms with Gasteiger partial charge in [-0.25, -0.2) is 12.8 Å². The molecule has 6 nitrogen and oxygen atoms in total. The van der Waals surface area contributed by atoms with E-state index in [1.807, 2.05) is 10.8 Å². The van der Waals surface area contributed by atoms with Crippen molar-refractivity contribution in [3.8, 4) is 0 Å². The zero-order chi connectivity index (χ0) is 26.8. The number of rotatable bonds is 8. The Hall–Kier alpha value is -3.86. The standard InChI is InChI=1S/C26H22F4N2O4S/c1-36-25(33)12-13-32-16-18(14-17-2-6-20(27)7-3-17)23-15-21(8-11-24(23)32)31-37(34,35)22-9-4-19(5-10-22)26(28,29)30/h2-11,15-16,31H,12-14H2,1H3. The Morgan fingerprint density at radius 2 is 1.68 bits per heavy atom. The number of methoxy groups -OCH3 is 1. The fourth-order valence-corrected chi connectivity index (χ4v) is 4.98. The van der Waals surface area contributed by atoms with Gasteiger partial charge >= 0.3 is 12.1 Å². The van der Waals surface area contributed by atoms with Crippen molar-refractivity contribution < 1.29 is 35.5 Å². The lowest BCUT2D eigenvalue weighted by Gasteiger charge is -2.11. The molecule has 0 unspecified atom stereocenters. The number of aryl methyl sites for hydroxylation is 1.